The smallest absolute Gasteiger partial charge is 0.136 e. The molecule has 0 aromatic rings. The molecule has 0 bridgehead atoms. The van der Waals surface area contributed by atoms with Crippen molar-refractivity contribution in [1.82, 2.24) is 5.32 Å². The number of aliphatic imine (C=N–C) groups is 1. The van der Waals surface area contributed by atoms with Crippen molar-refractivity contribution in [1.29, 1.82) is 0 Å². The van der Waals surface area contributed by atoms with Crippen molar-refractivity contribution in [2.75, 3.05) is 13.3 Å². The number of nitrogens with zero attached hydrogens (tertiary/aromatic N) is 1. The summed E-state index contributed by atoms with van der Waals surface area (Å²) in [4.78, 5) is 3.93. The van der Waals surface area contributed by atoms with E-state index in [0.717, 1.165) is 25.2 Å². The summed E-state index contributed by atoms with van der Waals surface area (Å²) in [6.45, 7) is 2.84. The minimum Gasteiger partial charge on any atom is -0.374 e. The number of rotatable bonds is 1. The minimum absolute atomic E-state index is 0.125. The molecule has 1 saturated heterocycles. The van der Waals surface area contributed by atoms with Crippen LogP contribution in [0, 0.1) is 0 Å². The summed E-state index contributed by atoms with van der Waals surface area (Å²) in [7, 11) is 0. The Morgan fingerprint density at radius 3 is 3.18 bits per heavy atom. The minimum atomic E-state index is -0.125. The molecule has 1 aliphatic heterocycles. The zero-order chi connectivity index (χ0) is 8.10. The van der Waals surface area contributed by atoms with E-state index < -0.39 is 0 Å². The van der Waals surface area contributed by atoms with Crippen LogP contribution in [0.1, 0.15) is 19.8 Å². The highest BCUT2D eigenvalue weighted by Crippen LogP contribution is 2.10. The Balaban J connectivity index is 2.67. The van der Waals surface area contributed by atoms with Crippen LogP contribution < -0.4 is 5.32 Å². The molecule has 62 valence electrons. The molecule has 0 amide bonds. The molecule has 0 spiro atoms. The van der Waals surface area contributed by atoms with Crippen LogP contribution in [0.5, 0.6) is 0 Å². The number of nitrogens with one attached hydrogen (secondary N) is 1. The van der Waals surface area contributed by atoms with Gasteiger partial charge in [-0.25, -0.2) is 4.99 Å². The molecule has 1 heterocycles. The lowest BCUT2D eigenvalue weighted by atomic mass is 10.1. The van der Waals surface area contributed by atoms with Gasteiger partial charge in [-0.05, 0) is 25.3 Å². The van der Waals surface area contributed by atoms with Gasteiger partial charge in [0, 0.05) is 6.54 Å². The summed E-state index contributed by atoms with van der Waals surface area (Å²) in [5.41, 5.74) is 1.21. The second kappa shape index (κ2) is 4.13. The fourth-order valence-corrected chi connectivity index (χ4v) is 1.23. The molecule has 0 unspecified atom stereocenters. The maximum Gasteiger partial charge on any atom is 0.136 e. The van der Waals surface area contributed by atoms with E-state index in [1.54, 1.807) is 0 Å². The highest BCUT2D eigenvalue weighted by atomic mass is 16.3. The van der Waals surface area contributed by atoms with Crippen molar-refractivity contribution in [3.63, 3.8) is 0 Å². The Kier molecular flexibility index (Phi) is 3.11. The Hall–Kier alpha value is -0.830. The second-order valence-electron chi connectivity index (χ2n) is 2.49. The molecular formula is C8H14N2O. The molecule has 0 aromatic heterocycles. The number of piperidine rings is 1. The Morgan fingerprint density at radius 2 is 2.55 bits per heavy atom. The molecule has 1 fully saturated rings. The van der Waals surface area contributed by atoms with E-state index in [-0.39, 0.29) is 6.73 Å². The van der Waals surface area contributed by atoms with Crippen molar-refractivity contribution in [2.24, 2.45) is 4.99 Å². The van der Waals surface area contributed by atoms with Gasteiger partial charge in [-0.1, -0.05) is 6.08 Å². The lowest BCUT2D eigenvalue weighted by Crippen LogP contribution is -2.31. The zero-order valence-electron chi connectivity index (χ0n) is 6.80. The van der Waals surface area contributed by atoms with Gasteiger partial charge < -0.3 is 10.4 Å². The van der Waals surface area contributed by atoms with Gasteiger partial charge >= 0.3 is 0 Å². The third-order valence-electron chi connectivity index (χ3n) is 1.80. The van der Waals surface area contributed by atoms with Gasteiger partial charge in [0.05, 0.1) is 0 Å². The van der Waals surface area contributed by atoms with Crippen LogP contribution in [-0.2, 0) is 0 Å². The summed E-state index contributed by atoms with van der Waals surface area (Å²) < 4.78 is 0. The van der Waals surface area contributed by atoms with E-state index in [1.165, 1.54) is 5.57 Å². The third-order valence-corrected chi connectivity index (χ3v) is 1.80. The summed E-state index contributed by atoms with van der Waals surface area (Å²) in [6, 6.07) is 0. The first-order chi connectivity index (χ1) is 5.38. The first kappa shape index (κ1) is 8.27. The molecule has 0 radical (unpaired) electrons. The average molecular weight is 154 g/mol. The van der Waals surface area contributed by atoms with Gasteiger partial charge in [-0.15, -0.1) is 0 Å². The van der Waals surface area contributed by atoms with Crippen molar-refractivity contribution in [3.8, 4) is 0 Å². The number of amidine groups is 1. The standard InChI is InChI=1S/C8H14N2O/c1-2-7-4-3-5-9-8(7)10-6-11/h2,11H,3-6H2,1H3,(H,9,10)/b7-2-. The van der Waals surface area contributed by atoms with Crippen LogP contribution in [0.2, 0.25) is 0 Å². The number of hydrogen-bond donors (Lipinski definition) is 2. The van der Waals surface area contributed by atoms with Gasteiger partial charge in [0.15, 0.2) is 0 Å². The fraction of sp³-hybridized carbons (Fsp3) is 0.625. The van der Waals surface area contributed by atoms with Crippen molar-refractivity contribution >= 4 is 5.84 Å². The zero-order valence-corrected chi connectivity index (χ0v) is 6.80. The van der Waals surface area contributed by atoms with E-state index >= 15 is 0 Å². The van der Waals surface area contributed by atoms with Crippen LogP contribution in [0.3, 0.4) is 0 Å². The molecule has 2 N–H and O–H groups in total. The molecule has 0 aromatic carbocycles. The van der Waals surface area contributed by atoms with Crippen LogP contribution in [-0.4, -0.2) is 24.2 Å². The molecule has 0 atom stereocenters. The number of allylic oxidation sites excluding steroid dienone is 1. The number of aliphatic hydroxyl groups excluding tert-OH is 1. The maximum atomic E-state index is 8.58. The highest BCUT2D eigenvalue weighted by Gasteiger charge is 2.09. The molecular weight excluding hydrogens is 140 g/mol. The molecule has 0 aliphatic carbocycles. The SMILES string of the molecule is C/C=C1/CCCN/C1=N/CO. The first-order valence-electron chi connectivity index (χ1n) is 3.93. The monoisotopic (exact) mass is 154 g/mol. The van der Waals surface area contributed by atoms with Crippen LogP contribution >= 0.6 is 0 Å². The Labute approximate surface area is 66.8 Å². The largest absolute Gasteiger partial charge is 0.374 e. The van der Waals surface area contributed by atoms with Crippen molar-refractivity contribution in [2.45, 2.75) is 19.8 Å². The summed E-state index contributed by atoms with van der Waals surface area (Å²) >= 11 is 0. The fourth-order valence-electron chi connectivity index (χ4n) is 1.23. The van der Waals surface area contributed by atoms with E-state index in [2.05, 4.69) is 10.3 Å². The van der Waals surface area contributed by atoms with Gasteiger partial charge in [-0.3, -0.25) is 0 Å². The average Bonchev–Trinajstić information content (AvgIpc) is 2.06. The van der Waals surface area contributed by atoms with E-state index in [0.29, 0.717) is 0 Å². The summed E-state index contributed by atoms with van der Waals surface area (Å²) in [6.07, 6.45) is 4.27. The van der Waals surface area contributed by atoms with Gasteiger partial charge in [-0.2, -0.15) is 0 Å². The third kappa shape index (κ3) is 2.05. The maximum absolute atomic E-state index is 8.58. The van der Waals surface area contributed by atoms with Crippen molar-refractivity contribution < 1.29 is 5.11 Å². The molecule has 3 heteroatoms. The van der Waals surface area contributed by atoms with Crippen molar-refractivity contribution in [3.05, 3.63) is 11.6 Å². The van der Waals surface area contributed by atoms with Gasteiger partial charge in [0.25, 0.3) is 0 Å². The highest BCUT2D eigenvalue weighted by molar-refractivity contribution is 5.98. The first-order valence-corrected chi connectivity index (χ1v) is 3.93. The van der Waals surface area contributed by atoms with E-state index in [1.807, 2.05) is 13.0 Å². The predicted molar refractivity (Wildman–Crippen MR) is 45.5 cm³/mol. The van der Waals surface area contributed by atoms with Gasteiger partial charge in [0.2, 0.25) is 0 Å². The summed E-state index contributed by atoms with van der Waals surface area (Å²) in [5, 5.41) is 11.7. The Morgan fingerprint density at radius 1 is 1.73 bits per heavy atom. The number of aliphatic hydroxyl groups is 1. The van der Waals surface area contributed by atoms with Gasteiger partial charge in [0.1, 0.15) is 12.6 Å². The second-order valence-corrected chi connectivity index (χ2v) is 2.49. The molecule has 1 rings (SSSR count). The van der Waals surface area contributed by atoms with E-state index in [4.69, 9.17) is 5.11 Å². The summed E-state index contributed by atoms with van der Waals surface area (Å²) in [5.74, 6) is 0.862. The van der Waals surface area contributed by atoms with E-state index in [9.17, 15) is 0 Å². The molecule has 0 saturated carbocycles. The topological polar surface area (TPSA) is 44.6 Å². The quantitative estimate of drug-likeness (QED) is 0.583. The lowest BCUT2D eigenvalue weighted by Gasteiger charge is -2.18. The van der Waals surface area contributed by atoms with Crippen LogP contribution in [0.4, 0.5) is 0 Å². The molecule has 11 heavy (non-hydrogen) atoms. The molecule has 1 aliphatic rings. The Bertz CT molecular complexity index is 185. The lowest BCUT2D eigenvalue weighted by molar-refractivity contribution is 0.308. The predicted octanol–water partition coefficient (Wildman–Crippen LogP) is 0.664. The van der Waals surface area contributed by atoms with Crippen LogP contribution in [0.15, 0.2) is 16.6 Å². The van der Waals surface area contributed by atoms with Crippen LogP contribution in [0.25, 0.3) is 0 Å². The normalized spacial score (nSPS) is 25.6. The number of hydrogen-bond acceptors (Lipinski definition) is 2. The molecule has 3 nitrogen and oxygen atoms in total.